The first-order valence-electron chi connectivity index (χ1n) is 11.5. The Morgan fingerprint density at radius 3 is 2.72 bits per heavy atom. The summed E-state index contributed by atoms with van der Waals surface area (Å²) in [5.41, 5.74) is 4.51. The molecule has 0 spiro atoms. The van der Waals surface area contributed by atoms with Gasteiger partial charge in [-0.05, 0) is 68.4 Å². The maximum absolute atomic E-state index is 12.0. The van der Waals surface area contributed by atoms with Crippen LogP contribution in [0.15, 0.2) is 47.4 Å². The molecule has 1 fully saturated rings. The molecule has 2 aliphatic rings. The van der Waals surface area contributed by atoms with Crippen molar-refractivity contribution in [2.24, 2.45) is 0 Å². The van der Waals surface area contributed by atoms with Crippen molar-refractivity contribution in [3.8, 4) is 0 Å². The molecule has 0 bridgehead atoms. The monoisotopic (exact) mass is 450 g/mol. The van der Waals surface area contributed by atoms with Crippen LogP contribution >= 0.6 is 0 Å². The summed E-state index contributed by atoms with van der Waals surface area (Å²) in [5.74, 6) is 0.701. The van der Waals surface area contributed by atoms with Gasteiger partial charge in [0.1, 0.15) is 0 Å². The van der Waals surface area contributed by atoms with Gasteiger partial charge < -0.3 is 10.2 Å². The lowest BCUT2D eigenvalue weighted by atomic mass is 10.0. The van der Waals surface area contributed by atoms with Gasteiger partial charge in [-0.3, -0.25) is 0 Å². The Bertz CT molecular complexity index is 1260. The number of aromatic nitrogens is 2. The van der Waals surface area contributed by atoms with Gasteiger partial charge in [0, 0.05) is 36.8 Å². The van der Waals surface area contributed by atoms with Crippen LogP contribution < -0.4 is 10.2 Å². The molecule has 1 aliphatic heterocycles. The molecular weight excluding hydrogens is 420 g/mol. The SMILES string of the molecule is Cc1nc(N2CCC[C@H](N[C@@H]3CCc4ccccc43)CC2)nc2cc(S(C)(=O)=O)ccc12. The van der Waals surface area contributed by atoms with Gasteiger partial charge in [0.15, 0.2) is 9.84 Å². The van der Waals surface area contributed by atoms with E-state index in [1.165, 1.54) is 23.8 Å². The third-order valence-corrected chi connectivity index (χ3v) is 7.97. The van der Waals surface area contributed by atoms with E-state index in [4.69, 9.17) is 9.97 Å². The molecule has 7 heteroatoms. The van der Waals surface area contributed by atoms with Gasteiger partial charge in [0.2, 0.25) is 5.95 Å². The molecule has 32 heavy (non-hydrogen) atoms. The molecule has 2 heterocycles. The number of fused-ring (bicyclic) bond motifs is 2. The van der Waals surface area contributed by atoms with E-state index in [-0.39, 0.29) is 0 Å². The van der Waals surface area contributed by atoms with Crippen molar-refractivity contribution < 1.29 is 8.42 Å². The molecule has 2 aromatic carbocycles. The average molecular weight is 451 g/mol. The molecule has 0 radical (unpaired) electrons. The minimum Gasteiger partial charge on any atom is -0.341 e. The largest absolute Gasteiger partial charge is 0.341 e. The third-order valence-electron chi connectivity index (χ3n) is 6.86. The predicted octanol–water partition coefficient (Wildman–Crippen LogP) is 3.98. The van der Waals surface area contributed by atoms with E-state index in [0.29, 0.717) is 28.4 Å². The fraction of sp³-hybridized carbons (Fsp3) is 0.440. The minimum atomic E-state index is -3.27. The van der Waals surface area contributed by atoms with E-state index >= 15 is 0 Å². The summed E-state index contributed by atoms with van der Waals surface area (Å²) in [4.78, 5) is 12.1. The molecular formula is C25H30N4O2S. The fourth-order valence-electron chi connectivity index (χ4n) is 5.10. The molecule has 168 valence electrons. The molecule has 0 unspecified atom stereocenters. The molecule has 1 saturated heterocycles. The van der Waals surface area contributed by atoms with Gasteiger partial charge in [-0.25, -0.2) is 18.4 Å². The molecule has 5 rings (SSSR count). The Morgan fingerprint density at radius 1 is 1.03 bits per heavy atom. The molecule has 1 aromatic heterocycles. The van der Waals surface area contributed by atoms with Crippen molar-refractivity contribution in [1.82, 2.24) is 15.3 Å². The van der Waals surface area contributed by atoms with Crippen LogP contribution in [0.4, 0.5) is 5.95 Å². The number of hydrogen-bond acceptors (Lipinski definition) is 6. The van der Waals surface area contributed by atoms with Crippen LogP contribution in [0.25, 0.3) is 10.9 Å². The van der Waals surface area contributed by atoms with E-state index in [9.17, 15) is 8.42 Å². The van der Waals surface area contributed by atoms with Crippen molar-refractivity contribution >= 4 is 26.7 Å². The maximum Gasteiger partial charge on any atom is 0.226 e. The first-order chi connectivity index (χ1) is 15.4. The van der Waals surface area contributed by atoms with Gasteiger partial charge in [0.05, 0.1) is 16.1 Å². The van der Waals surface area contributed by atoms with Crippen LogP contribution in [0.2, 0.25) is 0 Å². The Hall–Kier alpha value is -2.51. The first kappa shape index (κ1) is 21.3. The third kappa shape index (κ3) is 4.24. The highest BCUT2D eigenvalue weighted by Gasteiger charge is 2.26. The lowest BCUT2D eigenvalue weighted by Gasteiger charge is -2.23. The summed E-state index contributed by atoms with van der Waals surface area (Å²) >= 11 is 0. The van der Waals surface area contributed by atoms with Gasteiger partial charge in [-0.2, -0.15) is 0 Å². The second-order valence-electron chi connectivity index (χ2n) is 9.13. The minimum absolute atomic E-state index is 0.297. The maximum atomic E-state index is 12.0. The fourth-order valence-corrected chi connectivity index (χ4v) is 5.74. The summed E-state index contributed by atoms with van der Waals surface area (Å²) in [6.07, 6.45) is 6.83. The van der Waals surface area contributed by atoms with Gasteiger partial charge in [-0.1, -0.05) is 24.3 Å². The van der Waals surface area contributed by atoms with Gasteiger partial charge >= 0.3 is 0 Å². The van der Waals surface area contributed by atoms with Gasteiger partial charge in [0.25, 0.3) is 0 Å². The zero-order valence-corrected chi connectivity index (χ0v) is 19.5. The molecule has 1 N–H and O–H groups in total. The van der Waals surface area contributed by atoms with Crippen LogP contribution in [0.5, 0.6) is 0 Å². The van der Waals surface area contributed by atoms with Crippen molar-refractivity contribution in [3.63, 3.8) is 0 Å². The summed E-state index contributed by atoms with van der Waals surface area (Å²) in [5, 5.41) is 4.82. The van der Waals surface area contributed by atoms with E-state index in [1.807, 2.05) is 13.0 Å². The van der Waals surface area contributed by atoms with Crippen molar-refractivity contribution in [3.05, 3.63) is 59.3 Å². The second kappa shape index (κ2) is 8.45. The number of anilines is 1. The lowest BCUT2D eigenvalue weighted by Crippen LogP contribution is -2.33. The Morgan fingerprint density at radius 2 is 1.88 bits per heavy atom. The van der Waals surface area contributed by atoms with E-state index in [0.717, 1.165) is 49.9 Å². The quantitative estimate of drug-likeness (QED) is 0.648. The van der Waals surface area contributed by atoms with Crippen molar-refractivity contribution in [2.45, 2.75) is 56.0 Å². The number of nitrogens with zero attached hydrogens (tertiary/aromatic N) is 3. The van der Waals surface area contributed by atoms with Crippen molar-refractivity contribution in [2.75, 3.05) is 24.2 Å². The van der Waals surface area contributed by atoms with Crippen LogP contribution in [-0.4, -0.2) is 43.8 Å². The highest BCUT2D eigenvalue weighted by molar-refractivity contribution is 7.90. The number of aryl methyl sites for hydroxylation is 2. The standard InChI is InChI=1S/C25H30N4O2S/c1-17-21-11-10-20(32(2,30)31)16-24(21)28-25(26-17)29-14-5-7-19(13-15-29)27-23-12-9-18-6-3-4-8-22(18)23/h3-4,6,8,10-11,16,19,23,27H,5,7,9,12-15H2,1-2H3/t19-,23+/m0/s1. The number of sulfone groups is 1. The number of nitrogens with one attached hydrogen (secondary N) is 1. The lowest BCUT2D eigenvalue weighted by molar-refractivity contribution is 0.404. The molecule has 2 atom stereocenters. The first-order valence-corrected chi connectivity index (χ1v) is 13.3. The average Bonchev–Trinajstić information content (AvgIpc) is 3.02. The van der Waals surface area contributed by atoms with Gasteiger partial charge in [-0.15, -0.1) is 0 Å². The molecule has 0 amide bonds. The molecule has 1 aliphatic carbocycles. The Kier molecular flexibility index (Phi) is 5.63. The van der Waals surface area contributed by atoms with E-state index in [1.54, 1.807) is 12.1 Å². The molecule has 3 aromatic rings. The normalized spacial score (nSPS) is 21.5. The van der Waals surface area contributed by atoms with E-state index < -0.39 is 9.84 Å². The highest BCUT2D eigenvalue weighted by Crippen LogP contribution is 2.32. The zero-order chi connectivity index (χ0) is 22.3. The Labute approximate surface area is 190 Å². The van der Waals surface area contributed by atoms with Crippen LogP contribution in [-0.2, 0) is 16.3 Å². The molecule has 0 saturated carbocycles. The predicted molar refractivity (Wildman–Crippen MR) is 128 cm³/mol. The van der Waals surface area contributed by atoms with Crippen LogP contribution in [0.1, 0.15) is 48.5 Å². The summed E-state index contributed by atoms with van der Waals surface area (Å²) in [6, 6.07) is 14.8. The number of hydrogen-bond donors (Lipinski definition) is 1. The summed E-state index contributed by atoms with van der Waals surface area (Å²) in [7, 11) is -3.27. The smallest absolute Gasteiger partial charge is 0.226 e. The topological polar surface area (TPSA) is 75.2 Å². The van der Waals surface area contributed by atoms with Crippen LogP contribution in [0, 0.1) is 6.92 Å². The summed E-state index contributed by atoms with van der Waals surface area (Å²) < 4.78 is 24.0. The zero-order valence-electron chi connectivity index (χ0n) is 18.7. The Balaban J connectivity index is 1.33. The van der Waals surface area contributed by atoms with Crippen LogP contribution in [0.3, 0.4) is 0 Å². The highest BCUT2D eigenvalue weighted by atomic mass is 32.2. The summed E-state index contributed by atoms with van der Waals surface area (Å²) in [6.45, 7) is 3.77. The van der Waals surface area contributed by atoms with E-state index in [2.05, 4.69) is 34.5 Å². The molecule has 6 nitrogen and oxygen atoms in total. The van der Waals surface area contributed by atoms with Crippen molar-refractivity contribution in [1.29, 1.82) is 0 Å². The number of rotatable bonds is 4. The second-order valence-corrected chi connectivity index (χ2v) is 11.1. The number of benzene rings is 2.